The second-order valence-electron chi connectivity index (χ2n) is 5.95. The van der Waals surface area contributed by atoms with Crippen LogP contribution in [0.2, 0.25) is 0 Å². The van der Waals surface area contributed by atoms with Gasteiger partial charge in [0.15, 0.2) is 17.4 Å². The molecule has 2 aromatic rings. The largest absolute Gasteiger partial charge is 0.491 e. The molecule has 0 bridgehead atoms. The van der Waals surface area contributed by atoms with Crippen LogP contribution < -0.4 is 20.5 Å². The van der Waals surface area contributed by atoms with Gasteiger partial charge in [0, 0.05) is 19.2 Å². The first-order valence-electron chi connectivity index (χ1n) is 8.15. The minimum absolute atomic E-state index is 0.389. The number of hydrazine groups is 1. The van der Waals surface area contributed by atoms with Crippen molar-refractivity contribution in [1.82, 2.24) is 0 Å². The Morgan fingerprint density at radius 3 is 2.36 bits per heavy atom. The van der Waals surface area contributed by atoms with Crippen LogP contribution in [0.25, 0.3) is 0 Å². The number of hydrogen-bond donors (Lipinski definition) is 1. The van der Waals surface area contributed by atoms with Crippen LogP contribution in [0.4, 0.5) is 30.2 Å². The van der Waals surface area contributed by atoms with Crippen LogP contribution in [-0.2, 0) is 0 Å². The molecule has 0 saturated carbocycles. The summed E-state index contributed by atoms with van der Waals surface area (Å²) < 4.78 is 47.0. The van der Waals surface area contributed by atoms with Crippen molar-refractivity contribution in [2.24, 2.45) is 5.84 Å². The lowest BCUT2D eigenvalue weighted by atomic mass is 10.1. The third-order valence-corrected chi connectivity index (χ3v) is 4.40. The number of ether oxygens (including phenoxy) is 1. The lowest BCUT2D eigenvalue weighted by Crippen LogP contribution is -2.33. The van der Waals surface area contributed by atoms with E-state index in [0.717, 1.165) is 56.2 Å². The Balaban J connectivity index is 2.03. The highest BCUT2D eigenvalue weighted by Crippen LogP contribution is 2.37. The van der Waals surface area contributed by atoms with Gasteiger partial charge in [-0.15, -0.1) is 0 Å². The standard InChI is InChI=1S/C18H20F3N3O/c1-25-18-12(19)11-15(16(20)17(18)21)24(22)14-8-4-3-7-13(14)23-9-5-2-6-10-23/h3-4,7-8,11H,2,5-6,9-10,22H2,1H3. The maximum absolute atomic E-state index is 14.4. The molecular formula is C18H20F3N3O. The molecule has 1 aliphatic rings. The summed E-state index contributed by atoms with van der Waals surface area (Å²) in [5, 5.41) is 0.977. The minimum atomic E-state index is -1.40. The van der Waals surface area contributed by atoms with Crippen LogP contribution >= 0.6 is 0 Å². The van der Waals surface area contributed by atoms with Crippen LogP contribution in [0.5, 0.6) is 5.75 Å². The Morgan fingerprint density at radius 2 is 1.68 bits per heavy atom. The van der Waals surface area contributed by atoms with Crippen LogP contribution in [0.1, 0.15) is 19.3 Å². The number of hydrogen-bond acceptors (Lipinski definition) is 4. The number of nitrogens with two attached hydrogens (primary N) is 1. The van der Waals surface area contributed by atoms with Gasteiger partial charge in [0.2, 0.25) is 5.82 Å². The molecule has 7 heteroatoms. The molecule has 0 aromatic heterocycles. The first-order chi connectivity index (χ1) is 12.0. The van der Waals surface area contributed by atoms with E-state index in [1.807, 2.05) is 12.1 Å². The van der Waals surface area contributed by atoms with Crippen molar-refractivity contribution >= 4 is 17.1 Å². The van der Waals surface area contributed by atoms with Gasteiger partial charge in [0.1, 0.15) is 0 Å². The minimum Gasteiger partial charge on any atom is -0.491 e. The maximum Gasteiger partial charge on any atom is 0.205 e. The second-order valence-corrected chi connectivity index (χ2v) is 5.95. The first kappa shape index (κ1) is 17.4. The zero-order valence-electron chi connectivity index (χ0n) is 13.9. The Hall–Kier alpha value is -2.41. The van der Waals surface area contributed by atoms with Gasteiger partial charge in [-0.05, 0) is 31.4 Å². The third-order valence-electron chi connectivity index (χ3n) is 4.40. The van der Waals surface area contributed by atoms with Gasteiger partial charge in [-0.1, -0.05) is 12.1 Å². The topological polar surface area (TPSA) is 41.7 Å². The van der Waals surface area contributed by atoms with Crippen molar-refractivity contribution in [3.63, 3.8) is 0 Å². The molecule has 1 saturated heterocycles. The highest BCUT2D eigenvalue weighted by atomic mass is 19.2. The van der Waals surface area contributed by atoms with Gasteiger partial charge in [-0.2, -0.15) is 4.39 Å². The van der Waals surface area contributed by atoms with E-state index in [9.17, 15) is 13.2 Å². The van der Waals surface area contributed by atoms with Gasteiger partial charge in [-0.25, -0.2) is 14.6 Å². The molecule has 1 heterocycles. The molecule has 0 amide bonds. The number of rotatable bonds is 4. The summed E-state index contributed by atoms with van der Waals surface area (Å²) in [6, 6.07) is 8.01. The molecule has 134 valence electrons. The summed E-state index contributed by atoms with van der Waals surface area (Å²) in [7, 11) is 1.08. The Labute approximate surface area is 144 Å². The zero-order chi connectivity index (χ0) is 18.0. The Bertz CT molecular complexity index is 763. The number of methoxy groups -OCH3 is 1. The monoisotopic (exact) mass is 351 g/mol. The van der Waals surface area contributed by atoms with Crippen LogP contribution in [0.15, 0.2) is 30.3 Å². The van der Waals surface area contributed by atoms with E-state index in [1.165, 1.54) is 0 Å². The fourth-order valence-corrected chi connectivity index (χ4v) is 3.13. The van der Waals surface area contributed by atoms with E-state index >= 15 is 0 Å². The van der Waals surface area contributed by atoms with Crippen molar-refractivity contribution < 1.29 is 17.9 Å². The number of halogens is 3. The van der Waals surface area contributed by atoms with Gasteiger partial charge < -0.3 is 9.64 Å². The lowest BCUT2D eigenvalue weighted by Gasteiger charge is -2.33. The summed E-state index contributed by atoms with van der Waals surface area (Å²) in [6.07, 6.45) is 3.27. The van der Waals surface area contributed by atoms with E-state index in [0.29, 0.717) is 5.69 Å². The maximum atomic E-state index is 14.4. The number of nitrogens with zero attached hydrogens (tertiary/aromatic N) is 2. The molecule has 4 nitrogen and oxygen atoms in total. The molecule has 3 rings (SSSR count). The highest BCUT2D eigenvalue weighted by molar-refractivity contribution is 5.77. The van der Waals surface area contributed by atoms with Crippen molar-refractivity contribution in [3.05, 3.63) is 47.8 Å². The molecular weight excluding hydrogens is 331 g/mol. The molecule has 0 radical (unpaired) electrons. The van der Waals surface area contributed by atoms with Gasteiger partial charge >= 0.3 is 0 Å². The second kappa shape index (κ2) is 7.23. The van der Waals surface area contributed by atoms with Crippen LogP contribution in [0.3, 0.4) is 0 Å². The average molecular weight is 351 g/mol. The fourth-order valence-electron chi connectivity index (χ4n) is 3.13. The molecule has 0 aliphatic carbocycles. The molecule has 1 fully saturated rings. The SMILES string of the molecule is COc1c(F)cc(N(N)c2ccccc2N2CCCCC2)c(F)c1F. The van der Waals surface area contributed by atoms with Gasteiger partial charge in [0.05, 0.1) is 24.2 Å². The number of benzene rings is 2. The first-order valence-corrected chi connectivity index (χ1v) is 8.15. The predicted octanol–water partition coefficient (Wildman–Crippen LogP) is 4.11. The van der Waals surface area contributed by atoms with E-state index in [1.54, 1.807) is 12.1 Å². The van der Waals surface area contributed by atoms with Crippen molar-refractivity contribution in [1.29, 1.82) is 0 Å². The Morgan fingerprint density at radius 1 is 1.00 bits per heavy atom. The molecule has 2 aromatic carbocycles. The van der Waals surface area contributed by atoms with Crippen LogP contribution in [-0.4, -0.2) is 20.2 Å². The quantitative estimate of drug-likeness (QED) is 0.511. The summed E-state index contributed by atoms with van der Waals surface area (Å²) in [4.78, 5) is 2.15. The predicted molar refractivity (Wildman–Crippen MR) is 91.7 cm³/mol. The average Bonchev–Trinajstić information content (AvgIpc) is 2.65. The fraction of sp³-hybridized carbons (Fsp3) is 0.333. The third kappa shape index (κ3) is 3.24. The molecule has 2 N–H and O–H groups in total. The molecule has 1 aliphatic heterocycles. The summed E-state index contributed by atoms with van der Waals surface area (Å²) in [5.41, 5.74) is 0.897. The van der Waals surface area contributed by atoms with Gasteiger partial charge in [0.25, 0.3) is 0 Å². The van der Waals surface area contributed by atoms with Crippen molar-refractivity contribution in [2.75, 3.05) is 30.1 Å². The number of anilines is 3. The molecule has 0 unspecified atom stereocenters. The molecule has 0 atom stereocenters. The highest BCUT2D eigenvalue weighted by Gasteiger charge is 2.25. The van der Waals surface area contributed by atoms with E-state index in [-0.39, 0.29) is 5.69 Å². The Kier molecular flexibility index (Phi) is 5.03. The lowest BCUT2D eigenvalue weighted by molar-refractivity contribution is 0.347. The smallest absolute Gasteiger partial charge is 0.205 e. The van der Waals surface area contributed by atoms with Crippen LogP contribution in [0, 0.1) is 17.5 Å². The zero-order valence-corrected chi connectivity index (χ0v) is 13.9. The van der Waals surface area contributed by atoms with Gasteiger partial charge in [-0.3, -0.25) is 5.01 Å². The van der Waals surface area contributed by atoms with E-state index < -0.39 is 23.2 Å². The normalized spacial score (nSPS) is 14.5. The molecule has 25 heavy (non-hydrogen) atoms. The summed E-state index contributed by atoms with van der Waals surface area (Å²) in [5.74, 6) is 1.61. The van der Waals surface area contributed by atoms with Crippen molar-refractivity contribution in [3.8, 4) is 5.75 Å². The molecule has 0 spiro atoms. The summed E-state index contributed by atoms with van der Waals surface area (Å²) in [6.45, 7) is 1.72. The number of para-hydroxylation sites is 2. The van der Waals surface area contributed by atoms with E-state index in [2.05, 4.69) is 9.64 Å². The number of piperidine rings is 1. The van der Waals surface area contributed by atoms with Crippen molar-refractivity contribution in [2.45, 2.75) is 19.3 Å². The summed E-state index contributed by atoms with van der Waals surface area (Å²) >= 11 is 0. The van der Waals surface area contributed by atoms with E-state index in [4.69, 9.17) is 5.84 Å².